The molecule has 0 radical (unpaired) electrons. The minimum atomic E-state index is -4.35. The summed E-state index contributed by atoms with van der Waals surface area (Å²) in [6.07, 6.45) is -4.35. The van der Waals surface area contributed by atoms with Crippen molar-refractivity contribution in [3.05, 3.63) is 40.9 Å². The summed E-state index contributed by atoms with van der Waals surface area (Å²) in [4.78, 5) is 18.4. The first kappa shape index (κ1) is 16.3. The van der Waals surface area contributed by atoms with Gasteiger partial charge in [0.25, 0.3) is 5.91 Å². The minimum absolute atomic E-state index is 0.111. The third kappa shape index (κ3) is 3.69. The number of nitrogens with zero attached hydrogens (tertiary/aromatic N) is 2. The van der Waals surface area contributed by atoms with E-state index in [0.717, 1.165) is 23.6 Å². The third-order valence-electron chi connectivity index (χ3n) is 3.48. The van der Waals surface area contributed by atoms with Crippen LogP contribution in [0.5, 0.6) is 0 Å². The van der Waals surface area contributed by atoms with E-state index in [9.17, 15) is 18.0 Å². The molecule has 0 bridgehead atoms. The van der Waals surface area contributed by atoms with Crippen molar-refractivity contribution < 1.29 is 18.0 Å². The van der Waals surface area contributed by atoms with Gasteiger partial charge in [-0.15, -0.1) is 11.3 Å². The fraction of sp³-hybridized carbons (Fsp3) is 0.333. The van der Waals surface area contributed by atoms with E-state index in [-0.39, 0.29) is 5.91 Å². The summed E-state index contributed by atoms with van der Waals surface area (Å²) in [5.41, 5.74) is 0.243. The molecule has 1 saturated heterocycles. The first-order valence-electron chi connectivity index (χ1n) is 6.95. The average molecular weight is 358 g/mol. The van der Waals surface area contributed by atoms with E-state index in [2.05, 4.69) is 4.98 Å². The second-order valence-corrected chi connectivity index (χ2v) is 7.10. The molecule has 2 heterocycles. The number of halogens is 3. The molecular formula is C15H13F3N2OS2. The number of alkyl halides is 3. The molecule has 3 nitrogen and oxygen atoms in total. The monoisotopic (exact) mass is 358 g/mol. The fourth-order valence-corrected chi connectivity index (χ4v) is 3.94. The summed E-state index contributed by atoms with van der Waals surface area (Å²) in [6, 6.07) is 4.82. The molecule has 0 unspecified atom stereocenters. The Hall–Kier alpha value is -1.54. The first-order valence-corrected chi connectivity index (χ1v) is 8.99. The van der Waals surface area contributed by atoms with Crippen molar-refractivity contribution in [2.24, 2.45) is 0 Å². The molecule has 1 amide bonds. The number of thioether (sulfide) groups is 1. The van der Waals surface area contributed by atoms with Gasteiger partial charge in [-0.3, -0.25) is 4.79 Å². The van der Waals surface area contributed by atoms with E-state index >= 15 is 0 Å². The predicted molar refractivity (Wildman–Crippen MR) is 85.8 cm³/mol. The molecule has 1 fully saturated rings. The van der Waals surface area contributed by atoms with Crippen LogP contribution in [0.25, 0.3) is 10.6 Å². The Balaban J connectivity index is 1.77. The Morgan fingerprint density at radius 2 is 1.78 bits per heavy atom. The number of hydrogen-bond donors (Lipinski definition) is 0. The topological polar surface area (TPSA) is 33.2 Å². The summed E-state index contributed by atoms with van der Waals surface area (Å²) in [6.45, 7) is 1.41. The molecular weight excluding hydrogens is 345 g/mol. The average Bonchev–Trinajstić information content (AvgIpc) is 3.04. The maximum Gasteiger partial charge on any atom is 0.416 e. The quantitative estimate of drug-likeness (QED) is 0.813. The van der Waals surface area contributed by atoms with Crippen LogP contribution in [0.1, 0.15) is 16.1 Å². The van der Waals surface area contributed by atoms with Crippen LogP contribution in [0.3, 0.4) is 0 Å². The van der Waals surface area contributed by atoms with Gasteiger partial charge in [0, 0.05) is 35.5 Å². The van der Waals surface area contributed by atoms with Crippen molar-refractivity contribution in [1.82, 2.24) is 9.88 Å². The molecule has 1 aliphatic heterocycles. The number of benzene rings is 1. The van der Waals surface area contributed by atoms with Gasteiger partial charge in [-0.1, -0.05) is 12.1 Å². The van der Waals surface area contributed by atoms with E-state index in [1.807, 2.05) is 11.8 Å². The van der Waals surface area contributed by atoms with Crippen LogP contribution in [0, 0.1) is 0 Å². The molecule has 0 spiro atoms. The summed E-state index contributed by atoms with van der Waals surface area (Å²) in [5.74, 6) is 1.73. The number of carbonyl (C=O) groups is 1. The minimum Gasteiger partial charge on any atom is -0.336 e. The molecule has 0 N–H and O–H groups in total. The molecule has 0 saturated carbocycles. The molecule has 1 aliphatic rings. The number of aromatic nitrogens is 1. The Labute approximate surface area is 139 Å². The predicted octanol–water partition coefficient (Wildman–Crippen LogP) is 4.02. The second kappa shape index (κ2) is 6.52. The third-order valence-corrected chi connectivity index (χ3v) is 5.31. The van der Waals surface area contributed by atoms with Crippen molar-refractivity contribution >= 4 is 29.0 Å². The summed E-state index contributed by atoms with van der Waals surface area (Å²) >= 11 is 3.08. The Morgan fingerprint density at radius 1 is 1.13 bits per heavy atom. The number of amides is 1. The Morgan fingerprint density at radius 3 is 2.39 bits per heavy atom. The molecule has 3 rings (SSSR count). The molecule has 1 aromatic heterocycles. The Kier molecular flexibility index (Phi) is 4.63. The van der Waals surface area contributed by atoms with Gasteiger partial charge in [-0.2, -0.15) is 24.9 Å². The van der Waals surface area contributed by atoms with Gasteiger partial charge < -0.3 is 4.90 Å². The molecule has 2 aromatic rings. The van der Waals surface area contributed by atoms with E-state index in [0.29, 0.717) is 29.4 Å². The standard InChI is InChI=1S/C15H13F3N2OS2/c16-15(17,18)11-3-1-10(2-4-11)13-19-12(9-23-13)14(21)20-5-7-22-8-6-20/h1-4,9H,5-8H2. The largest absolute Gasteiger partial charge is 0.416 e. The highest BCUT2D eigenvalue weighted by Gasteiger charge is 2.30. The van der Waals surface area contributed by atoms with E-state index in [1.54, 1.807) is 10.3 Å². The van der Waals surface area contributed by atoms with Crippen LogP contribution in [0.4, 0.5) is 13.2 Å². The number of rotatable bonds is 2. The molecule has 1 aromatic carbocycles. The Bertz CT molecular complexity index is 691. The van der Waals surface area contributed by atoms with Gasteiger partial charge in [0.2, 0.25) is 0 Å². The zero-order chi connectivity index (χ0) is 16.4. The van der Waals surface area contributed by atoms with E-state index in [4.69, 9.17) is 0 Å². The highest BCUT2D eigenvalue weighted by atomic mass is 32.2. The summed E-state index contributed by atoms with van der Waals surface area (Å²) < 4.78 is 37.7. The fourth-order valence-electron chi connectivity index (χ4n) is 2.23. The molecule has 8 heteroatoms. The molecule has 122 valence electrons. The zero-order valence-corrected chi connectivity index (χ0v) is 13.6. The van der Waals surface area contributed by atoms with Crippen LogP contribution < -0.4 is 0 Å². The smallest absolute Gasteiger partial charge is 0.336 e. The molecule has 0 atom stereocenters. The van der Waals surface area contributed by atoms with Crippen LogP contribution in [-0.4, -0.2) is 40.4 Å². The lowest BCUT2D eigenvalue weighted by Gasteiger charge is -2.25. The van der Waals surface area contributed by atoms with Crippen LogP contribution in [-0.2, 0) is 6.18 Å². The van der Waals surface area contributed by atoms with Crippen LogP contribution >= 0.6 is 23.1 Å². The first-order chi connectivity index (χ1) is 10.9. The number of carbonyl (C=O) groups excluding carboxylic acids is 1. The highest BCUT2D eigenvalue weighted by molar-refractivity contribution is 7.99. The van der Waals surface area contributed by atoms with Crippen molar-refractivity contribution in [2.45, 2.75) is 6.18 Å². The molecule has 23 heavy (non-hydrogen) atoms. The van der Waals surface area contributed by atoms with Gasteiger partial charge in [0.1, 0.15) is 10.7 Å². The number of hydrogen-bond acceptors (Lipinski definition) is 4. The van der Waals surface area contributed by atoms with Crippen molar-refractivity contribution in [3.8, 4) is 10.6 Å². The van der Waals surface area contributed by atoms with Gasteiger partial charge >= 0.3 is 6.18 Å². The second-order valence-electron chi connectivity index (χ2n) is 5.02. The lowest BCUT2D eigenvalue weighted by molar-refractivity contribution is -0.137. The van der Waals surface area contributed by atoms with Gasteiger partial charge in [-0.05, 0) is 12.1 Å². The normalized spacial score (nSPS) is 15.7. The zero-order valence-electron chi connectivity index (χ0n) is 12.0. The summed E-state index contributed by atoms with van der Waals surface area (Å²) in [5, 5.41) is 2.21. The van der Waals surface area contributed by atoms with Crippen molar-refractivity contribution in [3.63, 3.8) is 0 Å². The van der Waals surface area contributed by atoms with Gasteiger partial charge in [0.05, 0.1) is 5.56 Å². The van der Waals surface area contributed by atoms with E-state index < -0.39 is 11.7 Å². The van der Waals surface area contributed by atoms with Crippen LogP contribution in [0.15, 0.2) is 29.6 Å². The highest BCUT2D eigenvalue weighted by Crippen LogP contribution is 2.32. The lowest BCUT2D eigenvalue weighted by Crippen LogP contribution is -2.38. The SMILES string of the molecule is O=C(c1csc(-c2ccc(C(F)(F)F)cc2)n1)N1CCSCC1. The molecule has 0 aliphatic carbocycles. The van der Waals surface area contributed by atoms with E-state index in [1.165, 1.54) is 23.5 Å². The summed E-state index contributed by atoms with van der Waals surface area (Å²) in [7, 11) is 0. The maximum absolute atomic E-state index is 12.6. The lowest BCUT2D eigenvalue weighted by atomic mass is 10.1. The van der Waals surface area contributed by atoms with Crippen molar-refractivity contribution in [2.75, 3.05) is 24.6 Å². The number of thiazole rings is 1. The van der Waals surface area contributed by atoms with Crippen molar-refractivity contribution in [1.29, 1.82) is 0 Å². The maximum atomic E-state index is 12.6. The van der Waals surface area contributed by atoms with Crippen LogP contribution in [0.2, 0.25) is 0 Å². The van der Waals surface area contributed by atoms with Gasteiger partial charge in [-0.25, -0.2) is 4.98 Å². The van der Waals surface area contributed by atoms with Gasteiger partial charge in [0.15, 0.2) is 0 Å².